The lowest BCUT2D eigenvalue weighted by molar-refractivity contribution is -0.136. The summed E-state index contributed by atoms with van der Waals surface area (Å²) in [5, 5.41) is 9.56. The summed E-state index contributed by atoms with van der Waals surface area (Å²) >= 11 is 6.38. The highest BCUT2D eigenvalue weighted by Crippen LogP contribution is 2.39. The highest BCUT2D eigenvalue weighted by atomic mass is 35.5. The van der Waals surface area contributed by atoms with Crippen molar-refractivity contribution >= 4 is 28.9 Å². The Morgan fingerprint density at radius 1 is 1.42 bits per heavy atom. The normalized spacial score (nSPS) is 15.1. The molecular weight excluding hydrogens is 264 g/mol. The van der Waals surface area contributed by atoms with E-state index in [9.17, 15) is 4.79 Å². The maximum absolute atomic E-state index is 10.8. The Morgan fingerprint density at radius 2 is 2.16 bits per heavy atom. The molecule has 0 fully saturated rings. The molecule has 0 saturated heterocycles. The predicted octanol–water partition coefficient (Wildman–Crippen LogP) is 2.77. The maximum Gasteiger partial charge on any atom is 0.305 e. The molecule has 0 radical (unpaired) electrons. The average Bonchev–Trinajstić information content (AvgIpc) is 2.47. The van der Waals surface area contributed by atoms with E-state index in [1.807, 2.05) is 13.0 Å². The Labute approximate surface area is 118 Å². The smallest absolute Gasteiger partial charge is 0.305 e. The average molecular weight is 283 g/mol. The fraction of sp³-hybridized carbons (Fsp3) is 0.500. The molecule has 1 aliphatic rings. The summed E-state index contributed by atoms with van der Waals surface area (Å²) in [4.78, 5) is 15.1. The monoisotopic (exact) mass is 282 g/mol. The summed E-state index contributed by atoms with van der Waals surface area (Å²) < 4.78 is 0. The molecule has 2 rings (SSSR count). The summed E-state index contributed by atoms with van der Waals surface area (Å²) in [5.74, 6) is -0.776. The van der Waals surface area contributed by atoms with Gasteiger partial charge in [-0.1, -0.05) is 11.6 Å². The SMILES string of the molecule is Cc1cc(Cl)c2c(c1)N(C)CCCN2CCC(=O)O. The zero-order valence-corrected chi connectivity index (χ0v) is 12.1. The molecule has 1 aromatic rings. The first-order chi connectivity index (χ1) is 8.99. The Hall–Kier alpha value is -1.42. The number of carbonyl (C=O) groups is 1. The van der Waals surface area contributed by atoms with Gasteiger partial charge in [-0.05, 0) is 31.0 Å². The third-order valence-electron chi connectivity index (χ3n) is 3.43. The predicted molar refractivity (Wildman–Crippen MR) is 78.5 cm³/mol. The fourth-order valence-corrected chi connectivity index (χ4v) is 2.89. The Morgan fingerprint density at radius 3 is 2.84 bits per heavy atom. The molecule has 0 saturated carbocycles. The first-order valence-electron chi connectivity index (χ1n) is 6.47. The second kappa shape index (κ2) is 5.70. The summed E-state index contributed by atoms with van der Waals surface area (Å²) in [7, 11) is 2.05. The second-order valence-corrected chi connectivity index (χ2v) is 5.43. The van der Waals surface area contributed by atoms with E-state index in [1.54, 1.807) is 0 Å². The van der Waals surface area contributed by atoms with E-state index in [1.165, 1.54) is 0 Å². The molecule has 104 valence electrons. The molecule has 0 aliphatic carbocycles. The van der Waals surface area contributed by atoms with Crippen LogP contribution in [0.3, 0.4) is 0 Å². The number of aliphatic carboxylic acids is 1. The third kappa shape index (κ3) is 3.13. The highest BCUT2D eigenvalue weighted by Gasteiger charge is 2.22. The lowest BCUT2D eigenvalue weighted by Gasteiger charge is -2.27. The topological polar surface area (TPSA) is 43.8 Å². The molecule has 0 spiro atoms. The lowest BCUT2D eigenvalue weighted by Crippen LogP contribution is -2.27. The van der Waals surface area contributed by atoms with Crippen molar-refractivity contribution in [1.29, 1.82) is 0 Å². The van der Waals surface area contributed by atoms with E-state index in [0.29, 0.717) is 11.6 Å². The molecule has 19 heavy (non-hydrogen) atoms. The number of nitrogens with zero attached hydrogens (tertiary/aromatic N) is 2. The van der Waals surface area contributed by atoms with Crippen LogP contribution in [0.25, 0.3) is 0 Å². The molecule has 0 aromatic heterocycles. The van der Waals surface area contributed by atoms with Crippen molar-refractivity contribution in [3.05, 3.63) is 22.7 Å². The number of halogens is 1. The van der Waals surface area contributed by atoms with Crippen molar-refractivity contribution in [1.82, 2.24) is 0 Å². The highest BCUT2D eigenvalue weighted by molar-refractivity contribution is 6.34. The van der Waals surface area contributed by atoms with E-state index in [2.05, 4.69) is 22.9 Å². The van der Waals surface area contributed by atoms with Gasteiger partial charge in [0.1, 0.15) is 0 Å². The second-order valence-electron chi connectivity index (χ2n) is 5.02. The minimum Gasteiger partial charge on any atom is -0.481 e. The van der Waals surface area contributed by atoms with Gasteiger partial charge < -0.3 is 14.9 Å². The largest absolute Gasteiger partial charge is 0.481 e. The molecule has 0 unspecified atom stereocenters. The molecule has 0 atom stereocenters. The third-order valence-corrected chi connectivity index (χ3v) is 3.72. The van der Waals surface area contributed by atoms with E-state index in [0.717, 1.165) is 36.4 Å². The number of benzene rings is 1. The molecular formula is C14H19ClN2O2. The Balaban J connectivity index is 2.38. The molecule has 1 aliphatic heterocycles. The Kier molecular flexibility index (Phi) is 4.20. The number of anilines is 2. The number of hydrogen-bond acceptors (Lipinski definition) is 3. The minimum absolute atomic E-state index is 0.132. The van der Waals surface area contributed by atoms with E-state index < -0.39 is 5.97 Å². The number of aryl methyl sites for hydroxylation is 1. The molecule has 0 bridgehead atoms. The number of rotatable bonds is 3. The summed E-state index contributed by atoms with van der Waals surface area (Å²) in [6, 6.07) is 4.05. The van der Waals surface area contributed by atoms with Crippen LogP contribution < -0.4 is 9.80 Å². The van der Waals surface area contributed by atoms with Gasteiger partial charge in [0.2, 0.25) is 0 Å². The summed E-state index contributed by atoms with van der Waals surface area (Å²) in [5.41, 5.74) is 3.18. The van der Waals surface area contributed by atoms with Crippen LogP contribution in [0.2, 0.25) is 5.02 Å². The van der Waals surface area contributed by atoms with Crippen molar-refractivity contribution in [2.45, 2.75) is 19.8 Å². The van der Waals surface area contributed by atoms with Gasteiger partial charge in [0.05, 0.1) is 22.8 Å². The molecule has 5 heteroatoms. The van der Waals surface area contributed by atoms with E-state index >= 15 is 0 Å². The number of hydrogen-bond donors (Lipinski definition) is 1. The van der Waals surface area contributed by atoms with Crippen LogP contribution in [-0.2, 0) is 4.79 Å². The number of carboxylic acids is 1. The molecule has 1 heterocycles. The lowest BCUT2D eigenvalue weighted by atomic mass is 10.1. The molecule has 1 N–H and O–H groups in total. The van der Waals surface area contributed by atoms with Crippen LogP contribution >= 0.6 is 11.6 Å². The number of fused-ring (bicyclic) bond motifs is 1. The van der Waals surface area contributed by atoms with Crippen molar-refractivity contribution < 1.29 is 9.90 Å². The van der Waals surface area contributed by atoms with Crippen LogP contribution in [-0.4, -0.2) is 37.8 Å². The van der Waals surface area contributed by atoms with Gasteiger partial charge in [-0.25, -0.2) is 0 Å². The van der Waals surface area contributed by atoms with Gasteiger partial charge in [0.25, 0.3) is 0 Å². The van der Waals surface area contributed by atoms with Crippen LogP contribution in [0.5, 0.6) is 0 Å². The maximum atomic E-state index is 10.8. The molecule has 4 nitrogen and oxygen atoms in total. The van der Waals surface area contributed by atoms with Gasteiger partial charge >= 0.3 is 5.97 Å². The zero-order valence-electron chi connectivity index (χ0n) is 11.3. The van der Waals surface area contributed by atoms with Crippen LogP contribution in [0, 0.1) is 6.92 Å². The molecule has 1 aromatic carbocycles. The molecule has 0 amide bonds. The van der Waals surface area contributed by atoms with Gasteiger partial charge in [-0.2, -0.15) is 0 Å². The standard InChI is InChI=1S/C14H19ClN2O2/c1-10-8-11(15)14-12(9-10)16(2)5-3-6-17(14)7-4-13(18)19/h8-9H,3-7H2,1-2H3,(H,18,19). The van der Waals surface area contributed by atoms with Gasteiger partial charge in [-0.3, -0.25) is 4.79 Å². The quantitative estimate of drug-likeness (QED) is 0.926. The van der Waals surface area contributed by atoms with Crippen molar-refractivity contribution in [3.8, 4) is 0 Å². The first kappa shape index (κ1) is 14.0. The van der Waals surface area contributed by atoms with Crippen LogP contribution in [0.1, 0.15) is 18.4 Å². The van der Waals surface area contributed by atoms with Crippen LogP contribution in [0.4, 0.5) is 11.4 Å². The minimum atomic E-state index is -0.776. The number of carboxylic acid groups (broad SMARTS) is 1. The van der Waals surface area contributed by atoms with Gasteiger partial charge in [-0.15, -0.1) is 0 Å². The Bertz CT molecular complexity index is 491. The zero-order chi connectivity index (χ0) is 14.0. The van der Waals surface area contributed by atoms with Gasteiger partial charge in [0, 0.05) is 26.7 Å². The van der Waals surface area contributed by atoms with Crippen molar-refractivity contribution in [3.63, 3.8) is 0 Å². The van der Waals surface area contributed by atoms with Crippen molar-refractivity contribution in [2.24, 2.45) is 0 Å². The van der Waals surface area contributed by atoms with Crippen LogP contribution in [0.15, 0.2) is 12.1 Å². The summed E-state index contributed by atoms with van der Waals surface area (Å²) in [6.07, 6.45) is 1.13. The van der Waals surface area contributed by atoms with Gasteiger partial charge in [0.15, 0.2) is 0 Å². The van der Waals surface area contributed by atoms with E-state index in [-0.39, 0.29) is 6.42 Å². The van der Waals surface area contributed by atoms with Crippen molar-refractivity contribution in [2.75, 3.05) is 36.5 Å². The first-order valence-corrected chi connectivity index (χ1v) is 6.85. The van der Waals surface area contributed by atoms with E-state index in [4.69, 9.17) is 16.7 Å². The summed E-state index contributed by atoms with van der Waals surface area (Å²) in [6.45, 7) is 4.31. The fourth-order valence-electron chi connectivity index (χ4n) is 2.51.